The molecule has 3 rings (SSSR count). The summed E-state index contributed by atoms with van der Waals surface area (Å²) in [6.07, 6.45) is -0.702. The van der Waals surface area contributed by atoms with Gasteiger partial charge in [0.05, 0.1) is 17.5 Å². The zero-order valence-corrected chi connectivity index (χ0v) is 19.1. The minimum absolute atomic E-state index is 0.0195. The van der Waals surface area contributed by atoms with Gasteiger partial charge in [0.25, 0.3) is 5.91 Å². The van der Waals surface area contributed by atoms with Gasteiger partial charge >= 0.3 is 0 Å². The number of aliphatic hydroxyl groups excluding tert-OH is 1. The molecule has 2 aromatic rings. The van der Waals surface area contributed by atoms with E-state index in [4.69, 9.17) is 23.2 Å². The highest BCUT2D eigenvalue weighted by Gasteiger charge is 2.42. The van der Waals surface area contributed by atoms with Gasteiger partial charge in [0.1, 0.15) is 5.92 Å². The van der Waals surface area contributed by atoms with Crippen molar-refractivity contribution in [1.29, 1.82) is 0 Å². The maximum Gasteiger partial charge on any atom is 0.260 e. The Hall–Kier alpha value is -2.41. The first kappa shape index (κ1) is 23.3. The molecule has 3 unspecified atom stereocenters. The quantitative estimate of drug-likeness (QED) is 0.634. The minimum atomic E-state index is -1.01. The van der Waals surface area contributed by atoms with Gasteiger partial charge in [-0.3, -0.25) is 9.59 Å². The fourth-order valence-corrected chi connectivity index (χ4v) is 3.69. The Labute approximate surface area is 191 Å². The minimum Gasteiger partial charge on any atom is -0.391 e. The van der Waals surface area contributed by atoms with Gasteiger partial charge in [0.2, 0.25) is 5.91 Å². The van der Waals surface area contributed by atoms with E-state index in [1.807, 2.05) is 13.8 Å². The Kier molecular flexibility index (Phi) is 7.36. The van der Waals surface area contributed by atoms with Gasteiger partial charge in [-0.15, -0.1) is 0 Å². The molecule has 0 aromatic heterocycles. The monoisotopic (exact) mass is 461 g/mol. The summed E-state index contributed by atoms with van der Waals surface area (Å²) in [4.78, 5) is 26.4. The zero-order chi connectivity index (χ0) is 22.7. The number of rotatable bonds is 6. The topological polar surface area (TPSA) is 82.0 Å². The van der Waals surface area contributed by atoms with Crippen LogP contribution in [0.5, 0.6) is 0 Å². The van der Waals surface area contributed by atoms with Crippen molar-refractivity contribution < 1.29 is 14.7 Å². The first-order valence-electron chi connectivity index (χ1n) is 10.1. The molecule has 1 aliphatic heterocycles. The van der Waals surface area contributed by atoms with Crippen molar-refractivity contribution in [3.05, 3.63) is 64.1 Å². The van der Waals surface area contributed by atoms with Crippen LogP contribution in [0.25, 0.3) is 0 Å². The molecule has 0 radical (unpaired) electrons. The maximum atomic E-state index is 13.3. The van der Waals surface area contributed by atoms with Crippen molar-refractivity contribution in [3.8, 4) is 0 Å². The van der Waals surface area contributed by atoms with Crippen LogP contribution >= 0.6 is 23.2 Å². The van der Waals surface area contributed by atoms with Gasteiger partial charge in [0, 0.05) is 22.5 Å². The number of hydrogen-bond donors (Lipinski definition) is 2. The third-order valence-corrected chi connectivity index (χ3v) is 5.83. The molecule has 2 amide bonds. The Morgan fingerprint density at radius 1 is 1.16 bits per heavy atom. The first-order valence-corrected chi connectivity index (χ1v) is 10.8. The Morgan fingerprint density at radius 2 is 1.84 bits per heavy atom. The van der Waals surface area contributed by atoms with E-state index in [0.29, 0.717) is 21.4 Å². The van der Waals surface area contributed by atoms with E-state index < -0.39 is 29.8 Å². The van der Waals surface area contributed by atoms with Gasteiger partial charge in [0.15, 0.2) is 0 Å². The summed E-state index contributed by atoms with van der Waals surface area (Å²) in [7, 11) is 0. The Balaban J connectivity index is 2.00. The standard InChI is InChI=1S/C23H25Cl2N3O3/c1-13(2)19(29)12-26-22(30)20-14(3)21(15-7-9-16(24)10-8-15)27-28(23(20)31)18-6-4-5-17(25)11-18/h4-11,13-14,19-20,29H,12H2,1-3H3,(H,26,30). The van der Waals surface area contributed by atoms with Crippen LogP contribution in [0.15, 0.2) is 53.6 Å². The van der Waals surface area contributed by atoms with Crippen LogP contribution in [-0.2, 0) is 9.59 Å². The molecule has 31 heavy (non-hydrogen) atoms. The van der Waals surface area contributed by atoms with Gasteiger partial charge in [-0.1, -0.05) is 62.2 Å². The lowest BCUT2D eigenvalue weighted by Gasteiger charge is -2.33. The van der Waals surface area contributed by atoms with E-state index in [9.17, 15) is 14.7 Å². The summed E-state index contributed by atoms with van der Waals surface area (Å²) in [5, 5.41) is 19.6. The van der Waals surface area contributed by atoms with Crippen LogP contribution in [0.4, 0.5) is 5.69 Å². The molecular formula is C23H25Cl2N3O3. The van der Waals surface area contributed by atoms with Crippen molar-refractivity contribution in [2.24, 2.45) is 22.9 Å². The van der Waals surface area contributed by atoms with Crippen LogP contribution < -0.4 is 10.3 Å². The summed E-state index contributed by atoms with van der Waals surface area (Å²) in [5.41, 5.74) is 1.81. The number of anilines is 1. The number of carbonyl (C=O) groups is 2. The summed E-state index contributed by atoms with van der Waals surface area (Å²) in [6.45, 7) is 5.58. The number of hydrazone groups is 1. The molecule has 1 aliphatic rings. The van der Waals surface area contributed by atoms with Gasteiger partial charge < -0.3 is 10.4 Å². The van der Waals surface area contributed by atoms with Crippen LogP contribution in [0.1, 0.15) is 26.3 Å². The van der Waals surface area contributed by atoms with Crippen LogP contribution in [0.2, 0.25) is 10.0 Å². The molecule has 0 fully saturated rings. The normalized spacial score (nSPS) is 19.9. The fourth-order valence-electron chi connectivity index (χ4n) is 3.38. The molecule has 6 nitrogen and oxygen atoms in total. The molecule has 2 aromatic carbocycles. The number of halogens is 2. The van der Waals surface area contributed by atoms with E-state index in [1.54, 1.807) is 55.5 Å². The van der Waals surface area contributed by atoms with Gasteiger partial charge in [-0.05, 0) is 41.8 Å². The second-order valence-corrected chi connectivity index (χ2v) is 8.82. The van der Waals surface area contributed by atoms with Crippen molar-refractivity contribution >= 4 is 46.4 Å². The fraction of sp³-hybridized carbons (Fsp3) is 0.348. The average molecular weight is 462 g/mol. The molecule has 8 heteroatoms. The number of benzene rings is 2. The second-order valence-electron chi connectivity index (χ2n) is 7.94. The lowest BCUT2D eigenvalue weighted by Crippen LogP contribution is -2.52. The number of nitrogens with zero attached hydrogens (tertiary/aromatic N) is 2. The largest absolute Gasteiger partial charge is 0.391 e. The van der Waals surface area contributed by atoms with Crippen molar-refractivity contribution in [1.82, 2.24) is 5.32 Å². The molecule has 164 valence electrons. The molecule has 0 bridgehead atoms. The molecule has 2 N–H and O–H groups in total. The van der Waals surface area contributed by atoms with Gasteiger partial charge in [-0.25, -0.2) is 0 Å². The highest BCUT2D eigenvalue weighted by atomic mass is 35.5. The van der Waals surface area contributed by atoms with Crippen molar-refractivity contribution in [2.45, 2.75) is 26.9 Å². The summed E-state index contributed by atoms with van der Waals surface area (Å²) >= 11 is 12.1. The van der Waals surface area contributed by atoms with Crippen LogP contribution in [-0.4, -0.2) is 35.3 Å². The summed E-state index contributed by atoms with van der Waals surface area (Å²) < 4.78 is 0. The van der Waals surface area contributed by atoms with E-state index in [0.717, 1.165) is 5.56 Å². The highest BCUT2D eigenvalue weighted by molar-refractivity contribution is 6.31. The molecular weight excluding hydrogens is 437 g/mol. The maximum absolute atomic E-state index is 13.3. The molecule has 0 saturated carbocycles. The van der Waals surface area contributed by atoms with Crippen LogP contribution in [0.3, 0.4) is 0 Å². The lowest BCUT2D eigenvalue weighted by molar-refractivity contribution is -0.135. The Bertz CT molecular complexity index is 992. The Morgan fingerprint density at radius 3 is 2.45 bits per heavy atom. The third-order valence-electron chi connectivity index (χ3n) is 5.34. The van der Waals surface area contributed by atoms with E-state index in [1.165, 1.54) is 5.01 Å². The van der Waals surface area contributed by atoms with E-state index in [-0.39, 0.29) is 12.5 Å². The third kappa shape index (κ3) is 5.26. The van der Waals surface area contributed by atoms with E-state index >= 15 is 0 Å². The number of amides is 2. The summed E-state index contributed by atoms with van der Waals surface area (Å²) in [6, 6.07) is 13.8. The first-order chi connectivity index (χ1) is 14.7. The molecule has 1 heterocycles. The van der Waals surface area contributed by atoms with E-state index in [2.05, 4.69) is 10.4 Å². The molecule has 0 saturated heterocycles. The number of carbonyl (C=O) groups excluding carboxylic acids is 2. The second kappa shape index (κ2) is 9.81. The number of nitrogens with one attached hydrogen (secondary N) is 1. The number of hydrogen-bond acceptors (Lipinski definition) is 4. The highest BCUT2D eigenvalue weighted by Crippen LogP contribution is 2.31. The predicted molar refractivity (Wildman–Crippen MR) is 123 cm³/mol. The smallest absolute Gasteiger partial charge is 0.260 e. The zero-order valence-electron chi connectivity index (χ0n) is 17.5. The molecule has 3 atom stereocenters. The molecule has 0 aliphatic carbocycles. The molecule has 0 spiro atoms. The van der Waals surface area contributed by atoms with Gasteiger partial charge in [-0.2, -0.15) is 10.1 Å². The van der Waals surface area contributed by atoms with Crippen molar-refractivity contribution in [2.75, 3.05) is 11.6 Å². The lowest BCUT2D eigenvalue weighted by atomic mass is 9.83. The predicted octanol–water partition coefficient (Wildman–Crippen LogP) is 4.13. The number of aliphatic hydroxyl groups is 1. The van der Waals surface area contributed by atoms with Crippen molar-refractivity contribution in [3.63, 3.8) is 0 Å². The average Bonchev–Trinajstić information content (AvgIpc) is 2.73. The van der Waals surface area contributed by atoms with Crippen LogP contribution in [0, 0.1) is 17.8 Å². The summed E-state index contributed by atoms with van der Waals surface area (Å²) in [5.74, 6) is -2.43. The SMILES string of the molecule is CC(C)C(O)CNC(=O)C1C(=O)N(c2cccc(Cl)c2)N=C(c2ccc(Cl)cc2)C1C.